The summed E-state index contributed by atoms with van der Waals surface area (Å²) in [6.07, 6.45) is 0.812. The third kappa shape index (κ3) is 7.04. The van der Waals surface area contributed by atoms with E-state index in [9.17, 15) is 8.78 Å². The van der Waals surface area contributed by atoms with Crippen LogP contribution in [0.4, 0.5) is 8.78 Å². The van der Waals surface area contributed by atoms with Crippen molar-refractivity contribution in [2.45, 2.75) is 33.4 Å². The highest BCUT2D eigenvalue weighted by molar-refractivity contribution is 7.09. The lowest BCUT2D eigenvalue weighted by molar-refractivity contribution is -0.0498. The van der Waals surface area contributed by atoms with E-state index in [0.717, 1.165) is 29.2 Å². The predicted molar refractivity (Wildman–Crippen MR) is 96.4 cm³/mol. The summed E-state index contributed by atoms with van der Waals surface area (Å²) in [5.74, 6) is 0.814. The third-order valence-corrected chi connectivity index (χ3v) is 4.05. The predicted octanol–water partition coefficient (Wildman–Crippen LogP) is 3.35. The van der Waals surface area contributed by atoms with Gasteiger partial charge in [-0.15, -0.1) is 11.3 Å². The molecule has 0 fully saturated rings. The van der Waals surface area contributed by atoms with Crippen molar-refractivity contribution < 1.29 is 13.5 Å². The number of aliphatic imine (C=N–C) groups is 1. The van der Waals surface area contributed by atoms with Gasteiger partial charge in [0, 0.05) is 24.9 Å². The molecular formula is C17H22F2N4OS. The Morgan fingerprint density at radius 1 is 1.36 bits per heavy atom. The second-order valence-electron chi connectivity index (χ2n) is 5.26. The first-order valence-electron chi connectivity index (χ1n) is 8.03. The molecule has 2 N–H and O–H groups in total. The Morgan fingerprint density at radius 2 is 2.20 bits per heavy atom. The summed E-state index contributed by atoms with van der Waals surface area (Å²) in [7, 11) is 0. The molecule has 25 heavy (non-hydrogen) atoms. The Bertz CT molecular complexity index is 691. The molecule has 0 amide bonds. The number of thiazole rings is 1. The van der Waals surface area contributed by atoms with Crippen molar-refractivity contribution in [3.05, 3.63) is 45.9 Å². The SMILES string of the molecule is CCNC(=NCc1cccc(OC(F)F)c1)NCCc1csc(C)n1. The highest BCUT2D eigenvalue weighted by atomic mass is 32.1. The van der Waals surface area contributed by atoms with E-state index in [1.807, 2.05) is 19.9 Å². The van der Waals surface area contributed by atoms with Gasteiger partial charge in [0.1, 0.15) is 5.75 Å². The lowest BCUT2D eigenvalue weighted by Crippen LogP contribution is -2.38. The summed E-state index contributed by atoms with van der Waals surface area (Å²) < 4.78 is 29.0. The molecule has 0 aliphatic heterocycles. The lowest BCUT2D eigenvalue weighted by Gasteiger charge is -2.11. The van der Waals surface area contributed by atoms with E-state index >= 15 is 0 Å². The van der Waals surface area contributed by atoms with E-state index < -0.39 is 6.61 Å². The molecule has 0 spiro atoms. The Hall–Kier alpha value is -2.22. The maximum absolute atomic E-state index is 12.3. The smallest absolute Gasteiger partial charge is 0.387 e. The van der Waals surface area contributed by atoms with E-state index in [0.29, 0.717) is 19.0 Å². The van der Waals surface area contributed by atoms with E-state index in [1.54, 1.807) is 23.5 Å². The third-order valence-electron chi connectivity index (χ3n) is 3.23. The summed E-state index contributed by atoms with van der Waals surface area (Å²) in [5, 5.41) is 9.52. The Labute approximate surface area is 150 Å². The number of aryl methyl sites for hydroxylation is 1. The number of nitrogens with zero attached hydrogens (tertiary/aromatic N) is 2. The van der Waals surface area contributed by atoms with Gasteiger partial charge < -0.3 is 15.4 Å². The molecule has 0 aliphatic rings. The van der Waals surface area contributed by atoms with Crippen LogP contribution in [0.2, 0.25) is 0 Å². The number of hydrogen-bond donors (Lipinski definition) is 2. The zero-order valence-corrected chi connectivity index (χ0v) is 15.1. The molecule has 136 valence electrons. The van der Waals surface area contributed by atoms with Crippen molar-refractivity contribution in [2.75, 3.05) is 13.1 Å². The summed E-state index contributed by atoms with van der Waals surface area (Å²) >= 11 is 1.64. The molecule has 0 atom stereocenters. The molecule has 0 saturated heterocycles. The van der Waals surface area contributed by atoms with Crippen LogP contribution in [-0.2, 0) is 13.0 Å². The number of ether oxygens (including phenoxy) is 1. The van der Waals surface area contributed by atoms with Crippen molar-refractivity contribution >= 4 is 17.3 Å². The first-order valence-corrected chi connectivity index (χ1v) is 8.91. The van der Waals surface area contributed by atoms with Crippen LogP contribution < -0.4 is 15.4 Å². The van der Waals surface area contributed by atoms with Gasteiger partial charge in [-0.3, -0.25) is 0 Å². The minimum Gasteiger partial charge on any atom is -0.435 e. The van der Waals surface area contributed by atoms with Gasteiger partial charge in [-0.2, -0.15) is 8.78 Å². The number of aromatic nitrogens is 1. The maximum Gasteiger partial charge on any atom is 0.387 e. The van der Waals surface area contributed by atoms with Gasteiger partial charge in [0.25, 0.3) is 0 Å². The van der Waals surface area contributed by atoms with E-state index in [2.05, 4.69) is 30.7 Å². The Morgan fingerprint density at radius 3 is 2.88 bits per heavy atom. The summed E-state index contributed by atoms with van der Waals surface area (Å²) in [6.45, 7) is 2.95. The Kier molecular flexibility index (Phi) is 7.59. The van der Waals surface area contributed by atoms with Gasteiger partial charge in [-0.1, -0.05) is 12.1 Å². The fourth-order valence-electron chi connectivity index (χ4n) is 2.16. The topological polar surface area (TPSA) is 58.5 Å². The van der Waals surface area contributed by atoms with Crippen LogP contribution in [0.25, 0.3) is 0 Å². The van der Waals surface area contributed by atoms with Crippen molar-refractivity contribution in [1.29, 1.82) is 0 Å². The number of guanidine groups is 1. The first kappa shape index (κ1) is 19.1. The van der Waals surface area contributed by atoms with E-state index in [1.165, 1.54) is 6.07 Å². The van der Waals surface area contributed by atoms with Crippen molar-refractivity contribution in [3.63, 3.8) is 0 Å². The maximum atomic E-state index is 12.3. The number of benzene rings is 1. The van der Waals surface area contributed by atoms with Gasteiger partial charge >= 0.3 is 6.61 Å². The second-order valence-corrected chi connectivity index (χ2v) is 6.32. The normalized spacial score (nSPS) is 11.6. The van der Waals surface area contributed by atoms with Crippen LogP contribution in [0.1, 0.15) is 23.2 Å². The molecule has 5 nitrogen and oxygen atoms in total. The number of rotatable bonds is 8. The molecule has 0 radical (unpaired) electrons. The quantitative estimate of drug-likeness (QED) is 0.554. The average molecular weight is 368 g/mol. The number of halogens is 2. The van der Waals surface area contributed by atoms with Crippen LogP contribution >= 0.6 is 11.3 Å². The zero-order valence-electron chi connectivity index (χ0n) is 14.3. The van der Waals surface area contributed by atoms with Crippen molar-refractivity contribution in [3.8, 4) is 5.75 Å². The molecule has 0 aliphatic carbocycles. The van der Waals surface area contributed by atoms with Gasteiger partial charge in [0.05, 0.1) is 17.2 Å². The van der Waals surface area contributed by atoms with Gasteiger partial charge in [-0.25, -0.2) is 9.98 Å². The molecule has 1 aromatic heterocycles. The second kappa shape index (κ2) is 9.93. The minimum absolute atomic E-state index is 0.138. The molecule has 0 unspecified atom stereocenters. The monoisotopic (exact) mass is 368 g/mol. The number of nitrogens with one attached hydrogen (secondary N) is 2. The fraction of sp³-hybridized carbons (Fsp3) is 0.412. The van der Waals surface area contributed by atoms with Crippen LogP contribution in [0.3, 0.4) is 0 Å². The molecule has 1 heterocycles. The highest BCUT2D eigenvalue weighted by Crippen LogP contribution is 2.16. The van der Waals surface area contributed by atoms with Crippen LogP contribution in [0.15, 0.2) is 34.6 Å². The summed E-state index contributed by atoms with van der Waals surface area (Å²) in [4.78, 5) is 8.90. The average Bonchev–Trinajstić information content (AvgIpc) is 2.98. The van der Waals surface area contributed by atoms with E-state index in [-0.39, 0.29) is 5.75 Å². The molecule has 2 rings (SSSR count). The first-order chi connectivity index (χ1) is 12.1. The number of hydrogen-bond acceptors (Lipinski definition) is 4. The van der Waals surface area contributed by atoms with Crippen LogP contribution in [0, 0.1) is 6.92 Å². The van der Waals surface area contributed by atoms with Crippen molar-refractivity contribution in [2.24, 2.45) is 4.99 Å². The minimum atomic E-state index is -2.83. The fourth-order valence-corrected chi connectivity index (χ4v) is 2.81. The standard InChI is InChI=1S/C17H22F2N4OS/c1-3-20-17(21-8-7-14-11-25-12(2)23-14)22-10-13-5-4-6-15(9-13)24-16(18)19/h4-6,9,11,16H,3,7-8,10H2,1-2H3,(H2,20,21,22). The van der Waals surface area contributed by atoms with Gasteiger partial charge in [0.15, 0.2) is 5.96 Å². The molecular weight excluding hydrogens is 346 g/mol. The van der Waals surface area contributed by atoms with Gasteiger partial charge in [0.2, 0.25) is 0 Å². The molecule has 0 saturated carbocycles. The highest BCUT2D eigenvalue weighted by Gasteiger charge is 2.05. The molecule has 8 heteroatoms. The van der Waals surface area contributed by atoms with Crippen molar-refractivity contribution in [1.82, 2.24) is 15.6 Å². The van der Waals surface area contributed by atoms with E-state index in [4.69, 9.17) is 0 Å². The summed E-state index contributed by atoms with van der Waals surface area (Å²) in [5.41, 5.74) is 1.85. The van der Waals surface area contributed by atoms with Gasteiger partial charge in [-0.05, 0) is 31.5 Å². The Balaban J connectivity index is 1.89. The van der Waals surface area contributed by atoms with Crippen LogP contribution in [0.5, 0.6) is 5.75 Å². The zero-order chi connectivity index (χ0) is 18.1. The molecule has 1 aromatic carbocycles. The lowest BCUT2D eigenvalue weighted by atomic mass is 10.2. The largest absolute Gasteiger partial charge is 0.435 e. The summed E-state index contributed by atoms with van der Waals surface area (Å²) in [6, 6.07) is 6.56. The van der Waals surface area contributed by atoms with Crippen LogP contribution in [-0.4, -0.2) is 30.6 Å². The molecule has 2 aromatic rings. The molecule has 0 bridgehead atoms. The number of alkyl halides is 2.